The highest BCUT2D eigenvalue weighted by molar-refractivity contribution is 6.30. The topological polar surface area (TPSA) is 90.8 Å². The van der Waals surface area contributed by atoms with Gasteiger partial charge in [-0.2, -0.15) is 4.98 Å². The molecule has 9 heteroatoms. The van der Waals surface area contributed by atoms with Crippen molar-refractivity contribution in [2.75, 3.05) is 18.1 Å². The summed E-state index contributed by atoms with van der Waals surface area (Å²) in [6.45, 7) is 15.4. The van der Waals surface area contributed by atoms with Crippen molar-refractivity contribution >= 4 is 35.8 Å². The molecule has 1 aliphatic rings. The Kier molecular flexibility index (Phi) is 8.65. The normalized spacial score (nSPS) is 14.2. The molecule has 3 rings (SSSR count). The van der Waals surface area contributed by atoms with E-state index in [2.05, 4.69) is 11.1 Å². The van der Waals surface area contributed by atoms with Crippen molar-refractivity contribution in [2.45, 2.75) is 79.4 Å². The highest BCUT2D eigenvalue weighted by Gasteiger charge is 2.35. The molecule has 1 fully saturated rings. The average Bonchev–Trinajstić information content (AvgIpc) is 2.75. The molecule has 0 bridgehead atoms. The van der Waals surface area contributed by atoms with Gasteiger partial charge in [-0.05, 0) is 79.4 Å². The Morgan fingerprint density at radius 2 is 1.54 bits per heavy atom. The first-order chi connectivity index (χ1) is 17.2. The molecule has 0 saturated carbocycles. The molecular formula is C28H36ClN3O5. The zero-order valence-electron chi connectivity index (χ0n) is 22.9. The van der Waals surface area contributed by atoms with E-state index in [-0.39, 0.29) is 11.1 Å². The lowest BCUT2D eigenvalue weighted by atomic mass is 9.94. The molecule has 2 amide bonds. The van der Waals surface area contributed by atoms with Gasteiger partial charge in [0.1, 0.15) is 16.4 Å². The Labute approximate surface area is 224 Å². The van der Waals surface area contributed by atoms with Gasteiger partial charge < -0.3 is 14.2 Å². The van der Waals surface area contributed by atoms with E-state index < -0.39 is 23.4 Å². The summed E-state index contributed by atoms with van der Waals surface area (Å²) in [5.41, 5.74) is 3.46. The fourth-order valence-electron chi connectivity index (χ4n) is 3.81. The van der Waals surface area contributed by atoms with Crippen molar-refractivity contribution in [1.82, 2.24) is 9.97 Å². The van der Waals surface area contributed by atoms with Gasteiger partial charge in [-0.3, -0.25) is 0 Å². The number of rotatable bonds is 3. The molecule has 37 heavy (non-hydrogen) atoms. The van der Waals surface area contributed by atoms with Gasteiger partial charge in [0.15, 0.2) is 0 Å². The maximum Gasteiger partial charge on any atom is 0.427 e. The number of ether oxygens (including phenoxy) is 3. The molecule has 1 saturated heterocycles. The first kappa shape index (κ1) is 28.6. The first-order valence-corrected chi connectivity index (χ1v) is 12.7. The molecule has 8 nitrogen and oxygen atoms in total. The van der Waals surface area contributed by atoms with Crippen LogP contribution in [0.5, 0.6) is 0 Å². The number of amides is 2. The van der Waals surface area contributed by atoms with Crippen molar-refractivity contribution < 1.29 is 23.8 Å². The number of hydrogen-bond donors (Lipinski definition) is 0. The third-order valence-corrected chi connectivity index (χ3v) is 5.83. The van der Waals surface area contributed by atoms with Crippen LogP contribution in [0.25, 0.3) is 17.3 Å². The smallest absolute Gasteiger partial charge is 0.427 e. The van der Waals surface area contributed by atoms with Crippen LogP contribution in [0.3, 0.4) is 0 Å². The molecule has 1 aromatic carbocycles. The van der Waals surface area contributed by atoms with Crippen molar-refractivity contribution in [3.8, 4) is 11.3 Å². The lowest BCUT2D eigenvalue weighted by Crippen LogP contribution is -2.44. The summed E-state index contributed by atoms with van der Waals surface area (Å²) in [5, 5.41) is 0.116. The predicted molar refractivity (Wildman–Crippen MR) is 145 cm³/mol. The van der Waals surface area contributed by atoms with Crippen LogP contribution in [0, 0.1) is 13.8 Å². The zero-order valence-corrected chi connectivity index (χ0v) is 23.7. The van der Waals surface area contributed by atoms with Crippen molar-refractivity contribution in [1.29, 1.82) is 0 Å². The molecule has 0 atom stereocenters. The monoisotopic (exact) mass is 529 g/mol. The zero-order chi connectivity index (χ0) is 27.5. The molecular weight excluding hydrogens is 494 g/mol. The molecule has 0 spiro atoms. The first-order valence-electron chi connectivity index (χ1n) is 12.3. The van der Waals surface area contributed by atoms with E-state index in [1.54, 1.807) is 41.5 Å². The third-order valence-electron chi connectivity index (χ3n) is 5.46. The summed E-state index contributed by atoms with van der Waals surface area (Å²) in [6.07, 6.45) is 1.95. The molecule has 0 N–H and O–H groups in total. The van der Waals surface area contributed by atoms with E-state index in [0.717, 1.165) is 29.5 Å². The summed E-state index contributed by atoms with van der Waals surface area (Å²) in [7, 11) is 0. The summed E-state index contributed by atoms with van der Waals surface area (Å²) in [4.78, 5) is 36.0. The number of anilines is 1. The molecule has 0 unspecified atom stereocenters. The fourth-order valence-corrected chi connectivity index (χ4v) is 3.97. The van der Waals surface area contributed by atoms with Gasteiger partial charge in [-0.25, -0.2) is 14.6 Å². The van der Waals surface area contributed by atoms with Gasteiger partial charge in [0.05, 0.1) is 18.9 Å². The molecule has 1 aromatic heterocycles. The minimum atomic E-state index is -0.957. The van der Waals surface area contributed by atoms with E-state index in [4.69, 9.17) is 30.8 Å². The highest BCUT2D eigenvalue weighted by Crippen LogP contribution is 2.35. The number of aryl methyl sites for hydroxylation is 1. The quantitative estimate of drug-likeness (QED) is 0.385. The second-order valence-corrected chi connectivity index (χ2v) is 11.4. The number of carbonyl (C=O) groups is 2. The molecule has 2 heterocycles. The largest absolute Gasteiger partial charge is 0.443 e. The second-order valence-electron chi connectivity index (χ2n) is 11.0. The van der Waals surface area contributed by atoms with E-state index in [0.29, 0.717) is 29.4 Å². The number of hydrogen-bond acceptors (Lipinski definition) is 7. The van der Waals surface area contributed by atoms with Crippen LogP contribution in [-0.2, 0) is 14.2 Å². The van der Waals surface area contributed by atoms with Crippen molar-refractivity contribution in [3.63, 3.8) is 0 Å². The van der Waals surface area contributed by atoms with Crippen molar-refractivity contribution in [3.05, 3.63) is 45.6 Å². The Hall–Kier alpha value is -2.97. The van der Waals surface area contributed by atoms with Crippen LogP contribution in [0.4, 0.5) is 15.5 Å². The number of aromatic nitrogens is 2. The third kappa shape index (κ3) is 7.52. The number of imide groups is 1. The lowest BCUT2D eigenvalue weighted by molar-refractivity contribution is 0.0427. The Bertz CT molecular complexity index is 1180. The summed E-state index contributed by atoms with van der Waals surface area (Å²) >= 11 is 6.57. The molecule has 200 valence electrons. The maximum atomic E-state index is 13.2. The van der Waals surface area contributed by atoms with E-state index in [9.17, 15) is 9.59 Å². The van der Waals surface area contributed by atoms with Gasteiger partial charge >= 0.3 is 12.2 Å². The maximum absolute atomic E-state index is 13.2. The van der Waals surface area contributed by atoms with Crippen molar-refractivity contribution in [2.24, 2.45) is 0 Å². The van der Waals surface area contributed by atoms with Gasteiger partial charge in [0, 0.05) is 11.1 Å². The van der Waals surface area contributed by atoms with Crippen LogP contribution < -0.4 is 4.90 Å². The standard InChI is InChI=1S/C28H36ClN3O5/c1-17-10-9-11-20(16-19-12-14-35-15-13-19)21(17)22-18(2)23(29)31-24(30-22)32(25(33)36-27(3,4)5)26(34)37-28(6,7)8/h9-11,16H,12-15H2,1-8H3. The van der Waals surface area contributed by atoms with Gasteiger partial charge in [0.2, 0.25) is 5.95 Å². The highest BCUT2D eigenvalue weighted by atomic mass is 35.5. The minimum Gasteiger partial charge on any atom is -0.443 e. The molecule has 0 aliphatic carbocycles. The molecule has 1 aliphatic heterocycles. The van der Waals surface area contributed by atoms with Gasteiger partial charge in [-0.1, -0.05) is 41.4 Å². The molecule has 2 aromatic rings. The number of benzene rings is 1. The number of halogens is 1. The average molecular weight is 530 g/mol. The fraction of sp³-hybridized carbons (Fsp3) is 0.500. The van der Waals surface area contributed by atoms with E-state index in [1.165, 1.54) is 5.57 Å². The van der Waals surface area contributed by atoms with Crippen LogP contribution in [0.1, 0.15) is 71.1 Å². The van der Waals surface area contributed by atoms with E-state index >= 15 is 0 Å². The Balaban J connectivity index is 2.19. The number of nitrogens with zero attached hydrogens (tertiary/aromatic N) is 3. The van der Waals surface area contributed by atoms with Crippen LogP contribution in [0.2, 0.25) is 5.15 Å². The lowest BCUT2D eigenvalue weighted by Gasteiger charge is -2.28. The van der Waals surface area contributed by atoms with Gasteiger partial charge in [0.25, 0.3) is 0 Å². The Morgan fingerprint density at radius 3 is 2.08 bits per heavy atom. The second kappa shape index (κ2) is 11.2. The summed E-state index contributed by atoms with van der Waals surface area (Å²) < 4.78 is 16.5. The van der Waals surface area contributed by atoms with Crippen LogP contribution in [-0.4, -0.2) is 46.6 Å². The van der Waals surface area contributed by atoms with Gasteiger partial charge in [-0.15, -0.1) is 4.90 Å². The predicted octanol–water partition coefficient (Wildman–Crippen LogP) is 7.28. The van der Waals surface area contributed by atoms with E-state index in [1.807, 2.05) is 32.0 Å². The summed E-state index contributed by atoms with van der Waals surface area (Å²) in [5.74, 6) is -0.220. The number of carbonyl (C=O) groups excluding carboxylic acids is 2. The SMILES string of the molecule is Cc1cccc(C=C2CCOCC2)c1-c1nc(N(C(=O)OC(C)(C)C)C(=O)OC(C)(C)C)nc(Cl)c1C. The summed E-state index contributed by atoms with van der Waals surface area (Å²) in [6, 6.07) is 5.98. The minimum absolute atomic E-state index is 0.116. The Morgan fingerprint density at radius 1 is 0.973 bits per heavy atom. The van der Waals surface area contributed by atoms with Crippen LogP contribution in [0.15, 0.2) is 23.8 Å². The van der Waals surface area contributed by atoms with Crippen LogP contribution >= 0.6 is 11.6 Å². The molecule has 0 radical (unpaired) electrons.